The molecule has 0 amide bonds. The van der Waals surface area contributed by atoms with Crippen molar-refractivity contribution in [2.75, 3.05) is 17.2 Å². The van der Waals surface area contributed by atoms with Crippen LogP contribution in [0.2, 0.25) is 0 Å². The van der Waals surface area contributed by atoms with Crippen molar-refractivity contribution in [2.24, 2.45) is 0 Å². The van der Waals surface area contributed by atoms with E-state index in [-0.39, 0.29) is 5.75 Å². The zero-order valence-electron chi connectivity index (χ0n) is 14.4. The maximum absolute atomic E-state index is 12.4. The highest BCUT2D eigenvalue weighted by molar-refractivity contribution is 5.67. The second-order valence-corrected chi connectivity index (χ2v) is 5.56. The summed E-state index contributed by atoms with van der Waals surface area (Å²) in [5.41, 5.74) is 2.00. The van der Waals surface area contributed by atoms with Crippen molar-refractivity contribution in [3.05, 3.63) is 60.7 Å². The Kier molecular flexibility index (Phi) is 5.44. The smallest absolute Gasteiger partial charge is 0.406 e. The van der Waals surface area contributed by atoms with Gasteiger partial charge in [0, 0.05) is 29.9 Å². The van der Waals surface area contributed by atoms with Crippen molar-refractivity contribution in [3.63, 3.8) is 0 Å². The van der Waals surface area contributed by atoms with Gasteiger partial charge in [-0.2, -0.15) is 4.98 Å². The largest absolute Gasteiger partial charge is 0.573 e. The minimum absolute atomic E-state index is 0.309. The first-order chi connectivity index (χ1) is 12.9. The number of hydrogen-bond donors (Lipinski definition) is 2. The van der Waals surface area contributed by atoms with E-state index in [9.17, 15) is 13.2 Å². The minimum atomic E-state index is -4.74. The number of nitrogens with one attached hydrogen (secondary N) is 2. The Morgan fingerprint density at radius 1 is 0.963 bits per heavy atom. The standard InChI is InChI=1S/C19H17F3N4O/c1-2-23-18-25-16(13-7-4-3-5-8-13)12-17(26-18)24-14-9-6-10-15(11-14)27-19(20,21)22/h3-12H,2H2,1H3,(H2,23,24,25,26). The summed E-state index contributed by atoms with van der Waals surface area (Å²) in [5.74, 6) is 0.560. The van der Waals surface area contributed by atoms with Crippen LogP contribution in [0.3, 0.4) is 0 Å². The molecule has 1 heterocycles. The summed E-state index contributed by atoms with van der Waals surface area (Å²) in [6.07, 6.45) is -4.74. The van der Waals surface area contributed by atoms with E-state index < -0.39 is 6.36 Å². The van der Waals surface area contributed by atoms with Crippen LogP contribution in [0.4, 0.5) is 30.6 Å². The molecule has 0 spiro atoms. The number of anilines is 3. The first-order valence-corrected chi connectivity index (χ1v) is 8.24. The SMILES string of the molecule is CCNc1nc(Nc2cccc(OC(F)(F)F)c2)cc(-c2ccccc2)n1. The topological polar surface area (TPSA) is 59.1 Å². The molecule has 3 rings (SSSR count). The van der Waals surface area contributed by atoms with Gasteiger partial charge in [-0.3, -0.25) is 0 Å². The lowest BCUT2D eigenvalue weighted by Gasteiger charge is -2.13. The molecule has 0 saturated carbocycles. The third-order valence-corrected chi connectivity index (χ3v) is 3.47. The quantitative estimate of drug-likeness (QED) is 0.620. The highest BCUT2D eigenvalue weighted by atomic mass is 19.4. The number of aromatic nitrogens is 2. The van der Waals surface area contributed by atoms with Gasteiger partial charge in [-0.25, -0.2) is 4.98 Å². The molecule has 0 aliphatic carbocycles. The Bertz CT molecular complexity index is 901. The van der Waals surface area contributed by atoms with Crippen LogP contribution in [0.15, 0.2) is 60.7 Å². The highest BCUT2D eigenvalue weighted by Crippen LogP contribution is 2.28. The van der Waals surface area contributed by atoms with Gasteiger partial charge in [0.25, 0.3) is 0 Å². The monoisotopic (exact) mass is 374 g/mol. The van der Waals surface area contributed by atoms with E-state index in [0.717, 1.165) is 5.56 Å². The summed E-state index contributed by atoms with van der Waals surface area (Å²) >= 11 is 0. The first-order valence-electron chi connectivity index (χ1n) is 8.24. The van der Waals surface area contributed by atoms with Crippen molar-refractivity contribution in [1.82, 2.24) is 9.97 Å². The molecule has 27 heavy (non-hydrogen) atoms. The lowest BCUT2D eigenvalue weighted by Crippen LogP contribution is -2.17. The van der Waals surface area contributed by atoms with Gasteiger partial charge in [0.05, 0.1) is 5.69 Å². The van der Waals surface area contributed by atoms with Gasteiger partial charge < -0.3 is 15.4 Å². The van der Waals surface area contributed by atoms with Gasteiger partial charge in [-0.1, -0.05) is 36.4 Å². The number of benzene rings is 2. The summed E-state index contributed by atoms with van der Waals surface area (Å²) in [6, 6.07) is 16.8. The molecule has 0 aliphatic rings. The predicted octanol–water partition coefficient (Wildman–Crippen LogP) is 5.22. The number of ether oxygens (including phenoxy) is 1. The number of alkyl halides is 3. The number of nitrogens with zero attached hydrogens (tertiary/aromatic N) is 2. The van der Waals surface area contributed by atoms with Gasteiger partial charge in [-0.05, 0) is 19.1 Å². The van der Waals surface area contributed by atoms with Crippen molar-refractivity contribution >= 4 is 17.5 Å². The van der Waals surface area contributed by atoms with Gasteiger partial charge in [0.1, 0.15) is 11.6 Å². The van der Waals surface area contributed by atoms with Crippen LogP contribution in [-0.4, -0.2) is 22.9 Å². The third kappa shape index (κ3) is 5.34. The maximum Gasteiger partial charge on any atom is 0.573 e. The molecule has 1 aromatic heterocycles. The predicted molar refractivity (Wildman–Crippen MR) is 98.0 cm³/mol. The molecule has 0 fully saturated rings. The van der Waals surface area contributed by atoms with E-state index in [1.165, 1.54) is 18.2 Å². The summed E-state index contributed by atoms with van der Waals surface area (Å²) in [7, 11) is 0. The lowest BCUT2D eigenvalue weighted by atomic mass is 10.1. The number of halogens is 3. The van der Waals surface area contributed by atoms with Gasteiger partial charge in [0.2, 0.25) is 5.95 Å². The maximum atomic E-state index is 12.4. The van der Waals surface area contributed by atoms with Crippen LogP contribution in [0.5, 0.6) is 5.75 Å². The van der Waals surface area contributed by atoms with Gasteiger partial charge >= 0.3 is 6.36 Å². The highest BCUT2D eigenvalue weighted by Gasteiger charge is 2.31. The van der Waals surface area contributed by atoms with Crippen LogP contribution in [0, 0.1) is 0 Å². The molecule has 0 radical (unpaired) electrons. The zero-order valence-corrected chi connectivity index (χ0v) is 14.4. The Hall–Kier alpha value is -3.29. The Balaban J connectivity index is 1.90. The minimum Gasteiger partial charge on any atom is -0.406 e. The summed E-state index contributed by atoms with van der Waals surface area (Å²) in [5, 5.41) is 6.05. The van der Waals surface area contributed by atoms with Crippen LogP contribution in [0.25, 0.3) is 11.3 Å². The van der Waals surface area contributed by atoms with E-state index >= 15 is 0 Å². The van der Waals surface area contributed by atoms with E-state index in [0.29, 0.717) is 29.7 Å². The van der Waals surface area contributed by atoms with E-state index in [2.05, 4.69) is 25.3 Å². The number of rotatable bonds is 6. The second kappa shape index (κ2) is 7.94. The van der Waals surface area contributed by atoms with Crippen LogP contribution >= 0.6 is 0 Å². The van der Waals surface area contributed by atoms with Crippen LogP contribution < -0.4 is 15.4 Å². The van der Waals surface area contributed by atoms with E-state index in [4.69, 9.17) is 0 Å². The first kappa shape index (κ1) is 18.5. The zero-order chi connectivity index (χ0) is 19.3. The molecule has 0 saturated heterocycles. The van der Waals surface area contributed by atoms with Crippen molar-refractivity contribution in [2.45, 2.75) is 13.3 Å². The van der Waals surface area contributed by atoms with Crippen molar-refractivity contribution < 1.29 is 17.9 Å². The average Bonchev–Trinajstić information content (AvgIpc) is 2.61. The molecule has 3 aromatic rings. The second-order valence-electron chi connectivity index (χ2n) is 5.56. The summed E-state index contributed by atoms with van der Waals surface area (Å²) < 4.78 is 41.2. The molecule has 0 bridgehead atoms. The van der Waals surface area contributed by atoms with Crippen LogP contribution in [-0.2, 0) is 0 Å². The van der Waals surface area contributed by atoms with E-state index in [1.807, 2.05) is 37.3 Å². The normalized spacial score (nSPS) is 11.1. The lowest BCUT2D eigenvalue weighted by molar-refractivity contribution is -0.274. The third-order valence-electron chi connectivity index (χ3n) is 3.47. The fourth-order valence-electron chi connectivity index (χ4n) is 2.42. The fourth-order valence-corrected chi connectivity index (χ4v) is 2.42. The molecule has 2 N–H and O–H groups in total. The Labute approximate surface area is 154 Å². The van der Waals surface area contributed by atoms with Gasteiger partial charge in [-0.15, -0.1) is 13.2 Å². The molecule has 0 atom stereocenters. The number of hydrogen-bond acceptors (Lipinski definition) is 5. The van der Waals surface area contributed by atoms with Crippen molar-refractivity contribution in [1.29, 1.82) is 0 Å². The Morgan fingerprint density at radius 2 is 1.74 bits per heavy atom. The van der Waals surface area contributed by atoms with E-state index in [1.54, 1.807) is 12.1 Å². The molecular formula is C19H17F3N4O. The summed E-state index contributed by atoms with van der Waals surface area (Å²) in [4.78, 5) is 8.82. The molecule has 2 aromatic carbocycles. The summed E-state index contributed by atoms with van der Waals surface area (Å²) in [6.45, 7) is 2.55. The molecule has 0 unspecified atom stereocenters. The Morgan fingerprint density at radius 3 is 2.44 bits per heavy atom. The molecule has 5 nitrogen and oxygen atoms in total. The molecule has 140 valence electrons. The molecule has 8 heteroatoms. The van der Waals surface area contributed by atoms with Crippen LogP contribution in [0.1, 0.15) is 6.92 Å². The van der Waals surface area contributed by atoms with Crippen molar-refractivity contribution in [3.8, 4) is 17.0 Å². The van der Waals surface area contributed by atoms with Gasteiger partial charge in [0.15, 0.2) is 0 Å². The average molecular weight is 374 g/mol. The fraction of sp³-hybridized carbons (Fsp3) is 0.158. The molecule has 0 aliphatic heterocycles. The molecular weight excluding hydrogens is 357 g/mol.